The molecule has 2 aromatic rings. The number of aryl methyl sites for hydroxylation is 1. The molecule has 148 valence electrons. The van der Waals surface area contributed by atoms with Crippen molar-refractivity contribution in [3.8, 4) is 5.75 Å². The topological polar surface area (TPSA) is 64.4 Å². The van der Waals surface area contributed by atoms with Crippen LogP contribution in [0.3, 0.4) is 0 Å². The number of rotatable bonds is 5. The van der Waals surface area contributed by atoms with E-state index < -0.39 is 10.0 Å². The van der Waals surface area contributed by atoms with Crippen LogP contribution >= 0.6 is 11.8 Å². The SMILES string of the molecule is Cn1ccnc1SCC1CCN(S(=O)(=O)c2ccc3c(c2)CCO3)CC1.F. The maximum absolute atomic E-state index is 12.9. The second-order valence-corrected chi connectivity index (χ2v) is 9.77. The molecular weight excluding hydrogens is 389 g/mol. The first-order valence-electron chi connectivity index (χ1n) is 8.90. The number of thioether (sulfide) groups is 1. The van der Waals surface area contributed by atoms with Gasteiger partial charge in [0.1, 0.15) is 5.75 Å². The fraction of sp³-hybridized carbons (Fsp3) is 0.500. The van der Waals surface area contributed by atoms with Crippen molar-refractivity contribution in [2.75, 3.05) is 25.4 Å². The summed E-state index contributed by atoms with van der Waals surface area (Å²) in [5.74, 6) is 2.32. The van der Waals surface area contributed by atoms with Crippen LogP contribution < -0.4 is 4.74 Å². The van der Waals surface area contributed by atoms with Gasteiger partial charge < -0.3 is 9.30 Å². The molecule has 0 aliphatic carbocycles. The lowest BCUT2D eigenvalue weighted by molar-refractivity contribution is 0.291. The van der Waals surface area contributed by atoms with E-state index in [4.69, 9.17) is 4.74 Å². The lowest BCUT2D eigenvalue weighted by atomic mass is 10.0. The van der Waals surface area contributed by atoms with Crippen LogP contribution in [0.25, 0.3) is 0 Å². The van der Waals surface area contributed by atoms with E-state index in [-0.39, 0.29) is 4.70 Å². The minimum atomic E-state index is -3.42. The van der Waals surface area contributed by atoms with Gasteiger partial charge in [0.2, 0.25) is 10.0 Å². The maximum atomic E-state index is 12.9. The average molecular weight is 414 g/mol. The highest BCUT2D eigenvalue weighted by Crippen LogP contribution is 2.31. The van der Waals surface area contributed by atoms with Crippen LogP contribution in [0.2, 0.25) is 0 Å². The number of ether oxygens (including phenoxy) is 1. The normalized spacial score (nSPS) is 18.0. The lowest BCUT2D eigenvalue weighted by Crippen LogP contribution is -2.39. The van der Waals surface area contributed by atoms with E-state index >= 15 is 0 Å². The van der Waals surface area contributed by atoms with Crippen molar-refractivity contribution in [3.63, 3.8) is 0 Å². The molecule has 27 heavy (non-hydrogen) atoms. The van der Waals surface area contributed by atoms with Crippen molar-refractivity contribution in [2.45, 2.75) is 29.3 Å². The summed E-state index contributed by atoms with van der Waals surface area (Å²) in [6, 6.07) is 5.23. The summed E-state index contributed by atoms with van der Waals surface area (Å²) in [7, 11) is -1.43. The Bertz CT molecular complexity index is 893. The van der Waals surface area contributed by atoms with E-state index in [1.807, 2.05) is 17.8 Å². The molecule has 2 aliphatic heterocycles. The molecule has 0 N–H and O–H groups in total. The van der Waals surface area contributed by atoms with Crippen molar-refractivity contribution in [2.24, 2.45) is 13.0 Å². The summed E-state index contributed by atoms with van der Waals surface area (Å²) >= 11 is 1.75. The van der Waals surface area contributed by atoms with E-state index in [1.54, 1.807) is 40.5 Å². The number of sulfonamides is 1. The van der Waals surface area contributed by atoms with E-state index in [9.17, 15) is 8.42 Å². The van der Waals surface area contributed by atoms with Gasteiger partial charge in [-0.25, -0.2) is 13.4 Å². The van der Waals surface area contributed by atoms with Gasteiger partial charge in [-0.05, 0) is 42.5 Å². The molecule has 1 saturated heterocycles. The van der Waals surface area contributed by atoms with Gasteiger partial charge in [0.25, 0.3) is 0 Å². The van der Waals surface area contributed by atoms with Gasteiger partial charge in [-0.15, -0.1) is 0 Å². The molecule has 0 spiro atoms. The number of nitrogens with zero attached hydrogens (tertiary/aromatic N) is 3. The fourth-order valence-corrected chi connectivity index (χ4v) is 6.11. The monoisotopic (exact) mass is 413 g/mol. The molecular formula is C18H24FN3O3S2. The van der Waals surface area contributed by atoms with Gasteiger partial charge in [0.15, 0.2) is 5.16 Å². The summed E-state index contributed by atoms with van der Waals surface area (Å²) in [4.78, 5) is 4.72. The molecule has 0 atom stereocenters. The molecule has 1 aromatic carbocycles. The minimum absolute atomic E-state index is 0. The molecule has 0 saturated carbocycles. The second kappa shape index (κ2) is 8.20. The highest BCUT2D eigenvalue weighted by Gasteiger charge is 2.30. The Balaban J connectivity index is 0.00000210. The highest BCUT2D eigenvalue weighted by molar-refractivity contribution is 7.99. The predicted molar refractivity (Wildman–Crippen MR) is 104 cm³/mol. The molecule has 0 bridgehead atoms. The number of benzene rings is 1. The minimum Gasteiger partial charge on any atom is -0.493 e. The molecule has 6 nitrogen and oxygen atoms in total. The van der Waals surface area contributed by atoms with Crippen LogP contribution in [0.4, 0.5) is 4.70 Å². The number of hydrogen-bond acceptors (Lipinski definition) is 5. The summed E-state index contributed by atoms with van der Waals surface area (Å²) in [6.45, 7) is 1.81. The van der Waals surface area contributed by atoms with Crippen LogP contribution in [0.15, 0.2) is 40.6 Å². The van der Waals surface area contributed by atoms with Crippen LogP contribution in [-0.2, 0) is 23.5 Å². The first-order chi connectivity index (χ1) is 12.5. The van der Waals surface area contributed by atoms with Crippen molar-refractivity contribution < 1.29 is 17.9 Å². The molecule has 2 aliphatic rings. The molecule has 0 unspecified atom stereocenters. The van der Waals surface area contributed by atoms with Crippen LogP contribution in [0.1, 0.15) is 18.4 Å². The molecule has 1 aromatic heterocycles. The summed E-state index contributed by atoms with van der Waals surface area (Å²) in [5, 5.41) is 1.01. The standard InChI is InChI=1S/C18H23N3O3S2.FH/c1-20-10-7-19-18(20)25-13-14-4-8-21(9-5-14)26(22,23)16-2-3-17-15(12-16)6-11-24-17;/h2-3,7,10,12,14H,4-6,8-9,11,13H2,1H3;1H. The van der Waals surface area contributed by atoms with Crippen molar-refractivity contribution in [1.29, 1.82) is 0 Å². The zero-order valence-electron chi connectivity index (χ0n) is 15.2. The number of halogens is 1. The van der Waals surface area contributed by atoms with Gasteiger partial charge in [0, 0.05) is 44.7 Å². The number of hydrogen-bond donors (Lipinski definition) is 0. The predicted octanol–water partition coefficient (Wildman–Crippen LogP) is 2.70. The number of fused-ring (bicyclic) bond motifs is 1. The van der Waals surface area contributed by atoms with Gasteiger partial charge >= 0.3 is 0 Å². The molecule has 4 rings (SSSR count). The quantitative estimate of drug-likeness (QED) is 0.705. The zero-order chi connectivity index (χ0) is 18.1. The Hall–Kier alpha value is -1.58. The first-order valence-corrected chi connectivity index (χ1v) is 11.3. The summed E-state index contributed by atoms with van der Waals surface area (Å²) in [6.07, 6.45) is 6.32. The number of aromatic nitrogens is 2. The number of imidazole rings is 1. The zero-order valence-corrected chi connectivity index (χ0v) is 16.8. The maximum Gasteiger partial charge on any atom is 0.243 e. The third-order valence-electron chi connectivity index (χ3n) is 5.10. The smallest absolute Gasteiger partial charge is 0.243 e. The Labute approximate surface area is 163 Å². The van der Waals surface area contributed by atoms with Crippen molar-refractivity contribution >= 4 is 21.8 Å². The third-order valence-corrected chi connectivity index (χ3v) is 8.28. The largest absolute Gasteiger partial charge is 0.493 e. The molecule has 3 heterocycles. The third kappa shape index (κ3) is 4.14. The van der Waals surface area contributed by atoms with Crippen molar-refractivity contribution in [3.05, 3.63) is 36.2 Å². The van der Waals surface area contributed by atoms with Gasteiger partial charge in [-0.1, -0.05) is 11.8 Å². The summed E-state index contributed by atoms with van der Waals surface area (Å²) in [5.41, 5.74) is 0.993. The summed E-state index contributed by atoms with van der Waals surface area (Å²) < 4.78 is 35.0. The Morgan fingerprint density at radius 3 is 2.78 bits per heavy atom. The van der Waals surface area contributed by atoms with Gasteiger partial charge in [0.05, 0.1) is 11.5 Å². The van der Waals surface area contributed by atoms with E-state index in [0.717, 1.165) is 41.5 Å². The molecule has 1 fully saturated rings. The van der Waals surface area contributed by atoms with E-state index in [0.29, 0.717) is 30.5 Å². The van der Waals surface area contributed by atoms with Crippen molar-refractivity contribution in [1.82, 2.24) is 13.9 Å². The molecule has 9 heteroatoms. The van der Waals surface area contributed by atoms with Crippen LogP contribution in [0, 0.1) is 5.92 Å². The Morgan fingerprint density at radius 2 is 2.07 bits per heavy atom. The number of piperidine rings is 1. The van der Waals surface area contributed by atoms with Gasteiger partial charge in [-0.3, -0.25) is 4.70 Å². The fourth-order valence-electron chi connectivity index (χ4n) is 3.47. The van der Waals surface area contributed by atoms with Crippen LogP contribution in [0.5, 0.6) is 5.75 Å². The Morgan fingerprint density at radius 1 is 1.30 bits per heavy atom. The first kappa shape index (κ1) is 20.2. The van der Waals surface area contributed by atoms with E-state index in [2.05, 4.69) is 4.98 Å². The second-order valence-electron chi connectivity index (χ2n) is 6.85. The highest BCUT2D eigenvalue weighted by atomic mass is 32.2. The molecule has 0 amide bonds. The Kier molecular flexibility index (Phi) is 6.12. The lowest BCUT2D eigenvalue weighted by Gasteiger charge is -2.31. The average Bonchev–Trinajstić information content (AvgIpc) is 3.28. The van der Waals surface area contributed by atoms with Gasteiger partial charge in [-0.2, -0.15) is 4.31 Å². The van der Waals surface area contributed by atoms with Crippen LogP contribution in [-0.4, -0.2) is 47.7 Å². The van der Waals surface area contributed by atoms with E-state index in [1.165, 1.54) is 0 Å². The molecule has 0 radical (unpaired) electrons.